The number of benzene rings is 1. The lowest BCUT2D eigenvalue weighted by molar-refractivity contribution is -0.159. The molecule has 1 aromatic rings. The Hall–Kier alpha value is -1.96. The van der Waals surface area contributed by atoms with E-state index in [0.29, 0.717) is 0 Å². The highest BCUT2D eigenvalue weighted by atomic mass is 16.7. The Kier molecular flexibility index (Phi) is 7.77. The minimum absolute atomic E-state index is 0.241. The van der Waals surface area contributed by atoms with Gasteiger partial charge in [-0.15, -0.1) is 0 Å². The number of piperidine rings is 1. The predicted molar refractivity (Wildman–Crippen MR) is 99.5 cm³/mol. The van der Waals surface area contributed by atoms with E-state index in [2.05, 4.69) is 35.2 Å². The minimum atomic E-state index is -1.82. The molecule has 0 aliphatic carbocycles. The van der Waals surface area contributed by atoms with Crippen molar-refractivity contribution in [1.29, 1.82) is 0 Å². The second kappa shape index (κ2) is 9.82. The van der Waals surface area contributed by atoms with Gasteiger partial charge in [-0.1, -0.05) is 30.3 Å². The van der Waals surface area contributed by atoms with Gasteiger partial charge >= 0.3 is 11.9 Å². The topological polar surface area (TPSA) is 96.3 Å². The molecule has 0 bridgehead atoms. The molecule has 2 heterocycles. The van der Waals surface area contributed by atoms with E-state index in [1.165, 1.54) is 37.9 Å². The van der Waals surface area contributed by atoms with Gasteiger partial charge in [-0.25, -0.2) is 9.59 Å². The fourth-order valence-corrected chi connectivity index (χ4v) is 3.46. The molecule has 2 aliphatic rings. The summed E-state index contributed by atoms with van der Waals surface area (Å²) in [6.07, 6.45) is 4.06. The molecule has 1 unspecified atom stereocenters. The number of carboxylic acid groups (broad SMARTS) is 2. The molecular weight excluding hydrogens is 350 g/mol. The van der Waals surface area contributed by atoms with Crippen molar-refractivity contribution in [3.63, 3.8) is 0 Å². The minimum Gasteiger partial charge on any atom is -0.473 e. The molecule has 2 N–H and O–H groups in total. The number of likely N-dealkylation sites (tertiary alicyclic amines) is 1. The van der Waals surface area contributed by atoms with Gasteiger partial charge in [-0.2, -0.15) is 0 Å². The number of aliphatic carboxylic acids is 2. The number of hydrogen-bond acceptors (Lipinski definition) is 5. The summed E-state index contributed by atoms with van der Waals surface area (Å²) in [6.45, 7) is 8.13. The Morgan fingerprint density at radius 3 is 2.19 bits per heavy atom. The monoisotopic (exact) mass is 379 g/mol. The van der Waals surface area contributed by atoms with Crippen LogP contribution in [0.15, 0.2) is 30.3 Å². The summed E-state index contributed by atoms with van der Waals surface area (Å²) in [5.41, 5.74) is 1.48. The molecule has 0 amide bonds. The third-order valence-corrected chi connectivity index (χ3v) is 4.79. The van der Waals surface area contributed by atoms with Crippen LogP contribution in [0.2, 0.25) is 0 Å². The molecule has 150 valence electrons. The van der Waals surface area contributed by atoms with Crippen molar-refractivity contribution >= 4 is 11.9 Å². The molecule has 2 fully saturated rings. The zero-order chi connectivity index (χ0) is 19.9. The summed E-state index contributed by atoms with van der Waals surface area (Å²) in [7, 11) is 0. The second-order valence-electron chi connectivity index (χ2n) is 7.49. The molecule has 7 nitrogen and oxygen atoms in total. The number of rotatable bonds is 4. The summed E-state index contributed by atoms with van der Waals surface area (Å²) in [6, 6.07) is 10.9. The molecule has 0 saturated carbocycles. The summed E-state index contributed by atoms with van der Waals surface area (Å²) < 4.78 is 11.6. The van der Waals surface area contributed by atoms with Gasteiger partial charge in [0.2, 0.25) is 0 Å². The Morgan fingerprint density at radius 1 is 1.11 bits per heavy atom. The highest BCUT2D eigenvalue weighted by Crippen LogP contribution is 2.25. The van der Waals surface area contributed by atoms with E-state index in [-0.39, 0.29) is 6.10 Å². The van der Waals surface area contributed by atoms with Crippen LogP contribution in [0.1, 0.15) is 32.3 Å². The summed E-state index contributed by atoms with van der Waals surface area (Å²) in [5.74, 6) is -3.21. The first-order chi connectivity index (χ1) is 12.7. The Labute approximate surface area is 159 Å². The van der Waals surface area contributed by atoms with Crippen molar-refractivity contribution in [2.45, 2.75) is 45.0 Å². The van der Waals surface area contributed by atoms with Crippen LogP contribution >= 0.6 is 0 Å². The van der Waals surface area contributed by atoms with E-state index in [1.807, 2.05) is 13.8 Å². The molecule has 0 aromatic heterocycles. The third kappa shape index (κ3) is 7.66. The molecular formula is C20H29NO6. The lowest BCUT2D eigenvalue weighted by atomic mass is 9.90. The number of carboxylic acids is 2. The number of ether oxygens (including phenoxy) is 2. The first kappa shape index (κ1) is 21.3. The lowest BCUT2D eigenvalue weighted by Gasteiger charge is -2.33. The fourth-order valence-electron chi connectivity index (χ4n) is 3.46. The zero-order valence-electron chi connectivity index (χ0n) is 16.0. The summed E-state index contributed by atoms with van der Waals surface area (Å²) in [5, 5.41) is 14.8. The van der Waals surface area contributed by atoms with Gasteiger partial charge in [0.15, 0.2) is 5.79 Å². The van der Waals surface area contributed by atoms with Crippen LogP contribution in [0.5, 0.6) is 0 Å². The number of carbonyl (C=O) groups is 2. The van der Waals surface area contributed by atoms with Crippen LogP contribution in [0.3, 0.4) is 0 Å². The van der Waals surface area contributed by atoms with Crippen LogP contribution < -0.4 is 0 Å². The highest BCUT2D eigenvalue weighted by Gasteiger charge is 2.34. The van der Waals surface area contributed by atoms with Crippen LogP contribution in [-0.2, 0) is 25.5 Å². The molecule has 2 saturated heterocycles. The van der Waals surface area contributed by atoms with Gasteiger partial charge in [-0.3, -0.25) is 0 Å². The predicted octanol–water partition coefficient (Wildman–Crippen LogP) is 2.25. The van der Waals surface area contributed by atoms with Crippen molar-refractivity contribution in [3.8, 4) is 0 Å². The summed E-state index contributed by atoms with van der Waals surface area (Å²) >= 11 is 0. The van der Waals surface area contributed by atoms with E-state index in [0.717, 1.165) is 19.1 Å². The second-order valence-corrected chi connectivity index (χ2v) is 7.49. The quantitative estimate of drug-likeness (QED) is 0.775. The van der Waals surface area contributed by atoms with E-state index in [4.69, 9.17) is 29.3 Å². The third-order valence-electron chi connectivity index (χ3n) is 4.79. The number of hydrogen-bond donors (Lipinski definition) is 2. The normalized spacial score (nSPS) is 22.7. The van der Waals surface area contributed by atoms with Crippen LogP contribution in [0.25, 0.3) is 0 Å². The summed E-state index contributed by atoms with van der Waals surface area (Å²) in [4.78, 5) is 20.7. The van der Waals surface area contributed by atoms with Crippen LogP contribution in [0, 0.1) is 5.92 Å². The fraction of sp³-hybridized carbons (Fsp3) is 0.600. The average molecular weight is 379 g/mol. The van der Waals surface area contributed by atoms with Crippen LogP contribution in [0.4, 0.5) is 0 Å². The van der Waals surface area contributed by atoms with Gasteiger partial charge in [-0.05, 0) is 57.7 Å². The van der Waals surface area contributed by atoms with Gasteiger partial charge in [0.05, 0.1) is 12.7 Å². The molecule has 2 aliphatic heterocycles. The Balaban J connectivity index is 0.000000380. The van der Waals surface area contributed by atoms with Gasteiger partial charge in [0, 0.05) is 6.54 Å². The molecule has 1 aromatic carbocycles. The molecule has 0 spiro atoms. The van der Waals surface area contributed by atoms with Gasteiger partial charge in [0.1, 0.15) is 0 Å². The molecule has 1 atom stereocenters. The smallest absolute Gasteiger partial charge is 0.414 e. The molecule has 0 radical (unpaired) electrons. The van der Waals surface area contributed by atoms with Crippen molar-refractivity contribution in [2.75, 3.05) is 26.2 Å². The van der Waals surface area contributed by atoms with E-state index < -0.39 is 17.7 Å². The van der Waals surface area contributed by atoms with Gasteiger partial charge in [0.25, 0.3) is 0 Å². The maximum absolute atomic E-state index is 9.10. The Morgan fingerprint density at radius 2 is 1.70 bits per heavy atom. The molecule has 27 heavy (non-hydrogen) atoms. The number of nitrogens with zero attached hydrogens (tertiary/aromatic N) is 1. The van der Waals surface area contributed by atoms with E-state index in [1.54, 1.807) is 0 Å². The molecule has 3 rings (SSSR count). The van der Waals surface area contributed by atoms with Crippen molar-refractivity contribution in [2.24, 2.45) is 5.92 Å². The molecule has 7 heteroatoms. The van der Waals surface area contributed by atoms with E-state index in [9.17, 15) is 0 Å². The van der Waals surface area contributed by atoms with Gasteiger partial charge < -0.3 is 24.6 Å². The standard InChI is InChI=1S/C18H27NO2.C2H2O4/c1-18(2)20-14-17(21-18)13-19-10-8-16(9-11-19)12-15-6-4-3-5-7-15;3-1(4)2(5)6/h3-7,16-17H,8-14H2,1-2H3;(H,3,4)(H,5,6). The van der Waals surface area contributed by atoms with Crippen molar-refractivity contribution in [3.05, 3.63) is 35.9 Å². The van der Waals surface area contributed by atoms with Crippen LogP contribution in [-0.4, -0.2) is 65.2 Å². The van der Waals surface area contributed by atoms with E-state index >= 15 is 0 Å². The zero-order valence-corrected chi connectivity index (χ0v) is 16.0. The Bertz CT molecular complexity index is 598. The maximum atomic E-state index is 9.10. The maximum Gasteiger partial charge on any atom is 0.414 e. The first-order valence-corrected chi connectivity index (χ1v) is 9.29. The lowest BCUT2D eigenvalue weighted by Crippen LogP contribution is -2.40. The SMILES string of the molecule is CC1(C)OCC(CN2CCC(Cc3ccccc3)CC2)O1.O=C(O)C(=O)O. The largest absolute Gasteiger partial charge is 0.473 e. The van der Waals surface area contributed by atoms with Crippen molar-refractivity contribution < 1.29 is 29.3 Å². The highest BCUT2D eigenvalue weighted by molar-refractivity contribution is 6.27. The van der Waals surface area contributed by atoms with Crippen molar-refractivity contribution in [1.82, 2.24) is 4.90 Å². The average Bonchev–Trinajstić information content (AvgIpc) is 2.96. The first-order valence-electron chi connectivity index (χ1n) is 9.29.